The van der Waals surface area contributed by atoms with Crippen molar-refractivity contribution in [3.63, 3.8) is 0 Å². The van der Waals surface area contributed by atoms with Gasteiger partial charge in [0.05, 0.1) is 0 Å². The van der Waals surface area contributed by atoms with Gasteiger partial charge < -0.3 is 0 Å². The van der Waals surface area contributed by atoms with E-state index in [2.05, 4.69) is 0 Å². The van der Waals surface area contributed by atoms with Crippen LogP contribution in [-0.4, -0.2) is 40.2 Å². The Bertz CT molecular complexity index is 1430. The van der Waals surface area contributed by atoms with E-state index < -0.39 is 53.5 Å². The zero-order valence-electron chi connectivity index (χ0n) is 30.6. The van der Waals surface area contributed by atoms with Crippen molar-refractivity contribution in [2.75, 3.05) is 0 Å². The van der Waals surface area contributed by atoms with Crippen molar-refractivity contribution in [2.24, 2.45) is 45.3 Å². The SMILES string of the molecule is CCC(C)(C)C(=O)OC12CC3CC(C1)CC(C(=O)OI(OC(=O)C14CC5CC(CC(OC(=O)C(C)(C)CC)(C5)C1)C4)c1ccc(O)cc1)(C3)C2. The van der Waals surface area contributed by atoms with Crippen LogP contribution in [0.2, 0.25) is 0 Å². The molecule has 1 aromatic carbocycles. The fraction of sp³-hybridized carbons (Fsp3) is 0.750. The molecule has 8 aliphatic carbocycles. The number of esters is 2. The molecule has 9 rings (SSSR count). The van der Waals surface area contributed by atoms with Gasteiger partial charge >= 0.3 is 306 Å². The normalized spacial score (nSPS) is 36.9. The van der Waals surface area contributed by atoms with Gasteiger partial charge in [0.25, 0.3) is 0 Å². The first kappa shape index (κ1) is 36.0. The standard InChI is InChI=1S/C40H55IO9/c1-7-35(3,4)31(43)47-39-19-25-13-26(20-39)16-37(15-25,23-39)33(45)49-41(29-9-11-30(42)12-10-29)50-34(46)38-17-27-14-28(18-38)22-40(21-27,24-38)48-32(44)36(5,6)8-2/h9-12,25-28,42H,7-8,13-24H2,1-6H3. The van der Waals surface area contributed by atoms with E-state index in [0.29, 0.717) is 54.9 Å². The van der Waals surface area contributed by atoms with Crippen molar-refractivity contribution >= 4 is 44.5 Å². The molecule has 0 amide bonds. The van der Waals surface area contributed by atoms with Crippen LogP contribution in [0.15, 0.2) is 24.3 Å². The summed E-state index contributed by atoms with van der Waals surface area (Å²) in [6, 6.07) is 6.44. The van der Waals surface area contributed by atoms with Gasteiger partial charge in [-0.3, -0.25) is 0 Å². The second-order valence-electron chi connectivity index (χ2n) is 18.5. The van der Waals surface area contributed by atoms with Crippen LogP contribution >= 0.6 is 20.6 Å². The molecule has 0 saturated heterocycles. The summed E-state index contributed by atoms with van der Waals surface area (Å²) in [5, 5.41) is 10.1. The number of benzene rings is 1. The molecule has 0 spiro atoms. The number of carbonyl (C=O) groups is 4. The summed E-state index contributed by atoms with van der Waals surface area (Å²) < 4.78 is 26.2. The molecule has 0 radical (unpaired) electrons. The average Bonchev–Trinajstić information content (AvgIpc) is 3.03. The number of rotatable bonds is 11. The van der Waals surface area contributed by atoms with Gasteiger partial charge in [-0.15, -0.1) is 0 Å². The molecule has 9 nitrogen and oxygen atoms in total. The predicted octanol–water partition coefficient (Wildman–Crippen LogP) is 8.62. The zero-order valence-corrected chi connectivity index (χ0v) is 32.8. The van der Waals surface area contributed by atoms with Crippen molar-refractivity contribution in [1.29, 1.82) is 0 Å². The van der Waals surface area contributed by atoms with Crippen LogP contribution < -0.4 is 0 Å². The Kier molecular flexibility index (Phi) is 8.90. The Morgan fingerprint density at radius 1 is 0.660 bits per heavy atom. The molecule has 1 aromatic rings. The molecule has 8 aliphatic rings. The zero-order chi connectivity index (χ0) is 35.9. The summed E-state index contributed by atoms with van der Waals surface area (Å²) in [7, 11) is 0. The van der Waals surface area contributed by atoms with Crippen LogP contribution in [0.3, 0.4) is 0 Å². The Morgan fingerprint density at radius 2 is 1.02 bits per heavy atom. The van der Waals surface area contributed by atoms with Gasteiger partial charge in [0.2, 0.25) is 0 Å². The van der Waals surface area contributed by atoms with Crippen LogP contribution in [0, 0.1) is 48.9 Å². The number of hydrogen-bond acceptors (Lipinski definition) is 9. The number of carbonyl (C=O) groups excluding carboxylic acids is 4. The second kappa shape index (κ2) is 12.4. The fourth-order valence-corrected chi connectivity index (χ4v) is 14.2. The Labute approximate surface area is 304 Å². The van der Waals surface area contributed by atoms with Crippen molar-refractivity contribution in [3.8, 4) is 5.75 Å². The third-order valence-corrected chi connectivity index (χ3v) is 17.0. The van der Waals surface area contributed by atoms with E-state index in [-0.39, 0.29) is 53.3 Å². The third-order valence-electron chi connectivity index (χ3n) is 13.7. The maximum atomic E-state index is 14.5. The molecule has 4 atom stereocenters. The molecule has 0 heterocycles. The molecule has 1 N–H and O–H groups in total. The summed E-state index contributed by atoms with van der Waals surface area (Å²) in [6.45, 7) is 11.6. The van der Waals surface area contributed by atoms with Crippen LogP contribution in [0.25, 0.3) is 0 Å². The molecular formula is C40H55IO9. The quantitative estimate of drug-likeness (QED) is 0.173. The van der Waals surface area contributed by atoms with Crippen LogP contribution in [0.1, 0.15) is 131 Å². The van der Waals surface area contributed by atoms with E-state index in [4.69, 9.17) is 15.6 Å². The number of phenols is 1. The molecule has 8 fully saturated rings. The summed E-state index contributed by atoms with van der Waals surface area (Å²) >= 11 is -3.42. The Balaban J connectivity index is 1.13. The van der Waals surface area contributed by atoms with E-state index in [1.165, 1.54) is 12.1 Å². The molecular weight excluding hydrogens is 751 g/mol. The minimum atomic E-state index is -3.42. The summed E-state index contributed by atoms with van der Waals surface area (Å²) in [5.41, 5.74) is -4.18. The number of phenolic OH excluding ortho intramolecular Hbond substituents is 1. The van der Waals surface area contributed by atoms with E-state index in [9.17, 15) is 24.3 Å². The van der Waals surface area contributed by atoms with Crippen LogP contribution in [-0.2, 0) is 34.8 Å². The Hall–Kier alpha value is -2.37. The summed E-state index contributed by atoms with van der Waals surface area (Å²) in [6.07, 6.45) is 10.0. The first-order valence-electron chi connectivity index (χ1n) is 18.8. The number of halogens is 1. The fourth-order valence-electron chi connectivity index (χ4n) is 11.0. The van der Waals surface area contributed by atoms with Gasteiger partial charge in [-0.05, 0) is 0 Å². The van der Waals surface area contributed by atoms with E-state index >= 15 is 0 Å². The van der Waals surface area contributed by atoms with E-state index in [0.717, 1.165) is 38.5 Å². The van der Waals surface area contributed by atoms with E-state index in [1.807, 2.05) is 41.5 Å². The number of ether oxygens (including phenoxy) is 2. The Morgan fingerprint density at radius 3 is 1.36 bits per heavy atom. The van der Waals surface area contributed by atoms with E-state index in [1.54, 1.807) is 12.1 Å². The topological polar surface area (TPSA) is 125 Å². The van der Waals surface area contributed by atoms with Crippen molar-refractivity contribution < 1.29 is 39.9 Å². The molecule has 50 heavy (non-hydrogen) atoms. The molecule has 276 valence electrons. The second-order valence-corrected chi connectivity index (χ2v) is 21.9. The molecule has 8 bridgehead atoms. The van der Waals surface area contributed by atoms with Gasteiger partial charge in [0, 0.05) is 0 Å². The third kappa shape index (κ3) is 6.35. The van der Waals surface area contributed by atoms with Crippen molar-refractivity contribution in [2.45, 2.75) is 143 Å². The van der Waals surface area contributed by atoms with Crippen LogP contribution in [0.5, 0.6) is 5.75 Å². The first-order chi connectivity index (χ1) is 23.4. The molecule has 10 heteroatoms. The monoisotopic (exact) mass is 806 g/mol. The van der Waals surface area contributed by atoms with Crippen LogP contribution in [0.4, 0.5) is 0 Å². The molecule has 0 aliphatic heterocycles. The first-order valence-corrected chi connectivity index (χ1v) is 21.7. The maximum absolute atomic E-state index is 14.5. The van der Waals surface area contributed by atoms with Gasteiger partial charge in [-0.2, -0.15) is 0 Å². The average molecular weight is 807 g/mol. The summed E-state index contributed by atoms with van der Waals surface area (Å²) in [5.74, 6) is 0.000160. The van der Waals surface area contributed by atoms with Gasteiger partial charge in [-0.1, -0.05) is 0 Å². The molecule has 4 unspecified atom stereocenters. The number of hydrogen-bond donors (Lipinski definition) is 1. The number of aromatic hydroxyl groups is 1. The molecule has 8 saturated carbocycles. The van der Waals surface area contributed by atoms with Gasteiger partial charge in [0.15, 0.2) is 0 Å². The minimum absolute atomic E-state index is 0.0712. The van der Waals surface area contributed by atoms with Gasteiger partial charge in [-0.25, -0.2) is 0 Å². The van der Waals surface area contributed by atoms with Crippen molar-refractivity contribution in [3.05, 3.63) is 27.8 Å². The molecule has 0 aromatic heterocycles. The predicted molar refractivity (Wildman–Crippen MR) is 193 cm³/mol. The van der Waals surface area contributed by atoms with Gasteiger partial charge in [0.1, 0.15) is 0 Å². The summed E-state index contributed by atoms with van der Waals surface area (Å²) in [4.78, 5) is 55.7. The van der Waals surface area contributed by atoms with Crippen molar-refractivity contribution in [1.82, 2.24) is 0 Å².